The Hall–Kier alpha value is -1.56. The molecule has 1 aromatic heterocycles. The second-order valence-electron chi connectivity index (χ2n) is 4.66. The van der Waals surface area contributed by atoms with E-state index in [2.05, 4.69) is 10.3 Å². The predicted molar refractivity (Wildman–Crippen MR) is 69.4 cm³/mol. The number of oxazole rings is 1. The van der Waals surface area contributed by atoms with Crippen molar-refractivity contribution in [2.75, 3.05) is 16.8 Å². The summed E-state index contributed by atoms with van der Waals surface area (Å²) in [4.78, 5) is 4.25. The van der Waals surface area contributed by atoms with Gasteiger partial charge in [-0.15, -0.1) is 0 Å². The van der Waals surface area contributed by atoms with Crippen molar-refractivity contribution < 1.29 is 12.8 Å². The summed E-state index contributed by atoms with van der Waals surface area (Å²) < 4.78 is 28.2. The van der Waals surface area contributed by atoms with E-state index in [-0.39, 0.29) is 17.5 Å². The van der Waals surface area contributed by atoms with Crippen LogP contribution < -0.4 is 5.32 Å². The van der Waals surface area contributed by atoms with Crippen LogP contribution in [0.4, 0.5) is 5.69 Å². The van der Waals surface area contributed by atoms with Crippen LogP contribution in [0.15, 0.2) is 22.6 Å². The Labute approximate surface area is 105 Å². The number of rotatable bonds is 2. The highest BCUT2D eigenvalue weighted by atomic mass is 32.2. The van der Waals surface area contributed by atoms with E-state index in [4.69, 9.17) is 4.42 Å². The highest BCUT2D eigenvalue weighted by Crippen LogP contribution is 2.22. The summed E-state index contributed by atoms with van der Waals surface area (Å²) in [7, 11) is -2.85. The van der Waals surface area contributed by atoms with Gasteiger partial charge in [-0.25, -0.2) is 13.4 Å². The van der Waals surface area contributed by atoms with Crippen LogP contribution >= 0.6 is 0 Å². The van der Waals surface area contributed by atoms with Crippen molar-refractivity contribution in [2.45, 2.75) is 19.4 Å². The van der Waals surface area contributed by atoms with Crippen LogP contribution in [0.2, 0.25) is 0 Å². The summed E-state index contributed by atoms with van der Waals surface area (Å²) in [5.74, 6) is 1.12. The number of aromatic nitrogens is 1. The molecule has 0 aliphatic carbocycles. The van der Waals surface area contributed by atoms with Crippen LogP contribution in [-0.4, -0.2) is 30.9 Å². The Morgan fingerprint density at radius 1 is 1.44 bits per heavy atom. The average molecular weight is 266 g/mol. The van der Waals surface area contributed by atoms with E-state index in [1.54, 1.807) is 6.92 Å². The van der Waals surface area contributed by atoms with Gasteiger partial charge in [0.15, 0.2) is 21.3 Å². The first-order chi connectivity index (χ1) is 8.52. The summed E-state index contributed by atoms with van der Waals surface area (Å²) in [6.45, 7) is 1.80. The molecule has 1 saturated heterocycles. The smallest absolute Gasteiger partial charge is 0.192 e. The van der Waals surface area contributed by atoms with Crippen LogP contribution in [0.5, 0.6) is 0 Å². The van der Waals surface area contributed by atoms with Crippen LogP contribution in [0, 0.1) is 6.92 Å². The lowest BCUT2D eigenvalue weighted by Gasteiger charge is -2.11. The van der Waals surface area contributed by atoms with E-state index in [9.17, 15) is 8.42 Å². The van der Waals surface area contributed by atoms with Gasteiger partial charge < -0.3 is 9.73 Å². The molecule has 0 spiro atoms. The molecule has 6 heteroatoms. The first-order valence-corrected chi connectivity index (χ1v) is 7.68. The predicted octanol–water partition coefficient (Wildman–Crippen LogP) is 1.74. The fourth-order valence-corrected chi connectivity index (χ4v) is 3.95. The summed E-state index contributed by atoms with van der Waals surface area (Å²) in [5, 5.41) is 3.24. The average Bonchev–Trinajstić information content (AvgIpc) is 2.80. The Morgan fingerprint density at radius 3 is 3.00 bits per heavy atom. The van der Waals surface area contributed by atoms with Gasteiger partial charge in [-0.1, -0.05) is 0 Å². The number of aryl methyl sites for hydroxylation is 1. The molecule has 1 aliphatic heterocycles. The molecular weight excluding hydrogens is 252 g/mol. The standard InChI is InChI=1S/C12H14N2O3S/c1-8-13-11-6-9(2-3-12(11)17-8)14-10-4-5-18(15,16)7-10/h2-3,6,10,14H,4-5,7H2,1H3. The molecule has 2 heterocycles. The van der Waals surface area contributed by atoms with Gasteiger partial charge in [0, 0.05) is 18.7 Å². The minimum absolute atomic E-state index is 0.000415. The second-order valence-corrected chi connectivity index (χ2v) is 6.89. The normalized spacial score (nSPS) is 22.4. The lowest BCUT2D eigenvalue weighted by Crippen LogP contribution is -2.20. The van der Waals surface area contributed by atoms with Gasteiger partial charge in [0.2, 0.25) is 0 Å². The van der Waals surface area contributed by atoms with Gasteiger partial charge in [-0.05, 0) is 24.6 Å². The molecule has 0 radical (unpaired) electrons. The molecule has 1 aliphatic rings. The Balaban J connectivity index is 1.82. The third-order valence-corrected chi connectivity index (χ3v) is 4.87. The molecule has 1 atom stereocenters. The molecule has 18 heavy (non-hydrogen) atoms. The van der Waals surface area contributed by atoms with Gasteiger partial charge in [-0.2, -0.15) is 0 Å². The molecule has 96 valence electrons. The zero-order valence-electron chi connectivity index (χ0n) is 10.0. The summed E-state index contributed by atoms with van der Waals surface area (Å²) >= 11 is 0. The van der Waals surface area contributed by atoms with Gasteiger partial charge in [0.1, 0.15) is 5.52 Å². The van der Waals surface area contributed by atoms with Crippen molar-refractivity contribution in [3.8, 4) is 0 Å². The van der Waals surface area contributed by atoms with E-state index >= 15 is 0 Å². The fourth-order valence-electron chi connectivity index (χ4n) is 2.28. The Morgan fingerprint density at radius 2 is 2.28 bits per heavy atom. The fraction of sp³-hybridized carbons (Fsp3) is 0.417. The molecule has 0 bridgehead atoms. The van der Waals surface area contributed by atoms with Crippen molar-refractivity contribution >= 4 is 26.6 Å². The summed E-state index contributed by atoms with van der Waals surface area (Å²) in [6.07, 6.45) is 0.665. The highest BCUT2D eigenvalue weighted by Gasteiger charge is 2.27. The minimum Gasteiger partial charge on any atom is -0.441 e. The highest BCUT2D eigenvalue weighted by molar-refractivity contribution is 7.91. The van der Waals surface area contributed by atoms with E-state index in [1.165, 1.54) is 0 Å². The molecular formula is C12H14N2O3S. The van der Waals surface area contributed by atoms with Gasteiger partial charge >= 0.3 is 0 Å². The van der Waals surface area contributed by atoms with Crippen molar-refractivity contribution in [3.05, 3.63) is 24.1 Å². The third-order valence-electron chi connectivity index (χ3n) is 3.10. The lowest BCUT2D eigenvalue weighted by molar-refractivity contribution is 0.561. The maximum Gasteiger partial charge on any atom is 0.192 e. The first kappa shape index (κ1) is 11.5. The van der Waals surface area contributed by atoms with E-state index in [1.807, 2.05) is 18.2 Å². The molecule has 1 fully saturated rings. The molecule has 1 unspecified atom stereocenters. The summed E-state index contributed by atoms with van der Waals surface area (Å²) in [6, 6.07) is 5.62. The second kappa shape index (κ2) is 3.98. The van der Waals surface area contributed by atoms with Crippen molar-refractivity contribution in [3.63, 3.8) is 0 Å². The van der Waals surface area contributed by atoms with Gasteiger partial charge in [-0.3, -0.25) is 0 Å². The molecule has 0 amide bonds. The molecule has 5 nitrogen and oxygen atoms in total. The molecule has 0 saturated carbocycles. The van der Waals surface area contributed by atoms with Crippen LogP contribution in [0.1, 0.15) is 12.3 Å². The monoisotopic (exact) mass is 266 g/mol. The molecule has 1 N–H and O–H groups in total. The molecule has 3 rings (SSSR count). The van der Waals surface area contributed by atoms with Crippen molar-refractivity contribution in [1.29, 1.82) is 0 Å². The summed E-state index contributed by atoms with van der Waals surface area (Å²) in [5.41, 5.74) is 2.42. The quantitative estimate of drug-likeness (QED) is 0.896. The topological polar surface area (TPSA) is 72.2 Å². The number of anilines is 1. The number of nitrogens with one attached hydrogen (secondary N) is 1. The molecule has 1 aromatic carbocycles. The van der Waals surface area contributed by atoms with Crippen molar-refractivity contribution in [1.82, 2.24) is 4.98 Å². The number of hydrogen-bond acceptors (Lipinski definition) is 5. The van der Waals surface area contributed by atoms with E-state index in [0.29, 0.717) is 12.3 Å². The van der Waals surface area contributed by atoms with Gasteiger partial charge in [0.05, 0.1) is 11.5 Å². The van der Waals surface area contributed by atoms with Crippen LogP contribution in [0.3, 0.4) is 0 Å². The number of nitrogens with zero attached hydrogens (tertiary/aromatic N) is 1. The maximum atomic E-state index is 11.4. The Bertz CT molecular complexity index is 690. The van der Waals surface area contributed by atoms with Crippen molar-refractivity contribution in [2.24, 2.45) is 0 Å². The minimum atomic E-state index is -2.85. The number of sulfone groups is 1. The first-order valence-electron chi connectivity index (χ1n) is 5.86. The number of hydrogen-bond donors (Lipinski definition) is 1. The zero-order chi connectivity index (χ0) is 12.8. The van der Waals surface area contributed by atoms with Gasteiger partial charge in [0.25, 0.3) is 0 Å². The van der Waals surface area contributed by atoms with E-state index < -0.39 is 9.84 Å². The number of benzene rings is 1. The maximum absolute atomic E-state index is 11.4. The zero-order valence-corrected chi connectivity index (χ0v) is 10.8. The SMILES string of the molecule is Cc1nc2cc(NC3CCS(=O)(=O)C3)ccc2o1. The molecule has 2 aromatic rings. The van der Waals surface area contributed by atoms with E-state index in [0.717, 1.165) is 16.8 Å². The third kappa shape index (κ3) is 2.20. The van der Waals surface area contributed by atoms with Crippen LogP contribution in [0.25, 0.3) is 11.1 Å². The Kier molecular flexibility index (Phi) is 2.55. The lowest BCUT2D eigenvalue weighted by atomic mass is 10.2. The number of fused-ring (bicyclic) bond motifs is 1. The van der Waals surface area contributed by atoms with Crippen LogP contribution in [-0.2, 0) is 9.84 Å². The largest absolute Gasteiger partial charge is 0.441 e.